The first-order valence-corrected chi connectivity index (χ1v) is 10.3. The van der Waals surface area contributed by atoms with Gasteiger partial charge >= 0.3 is 0 Å². The summed E-state index contributed by atoms with van der Waals surface area (Å²) in [4.78, 5) is 30.2. The quantitative estimate of drug-likeness (QED) is 0.812. The number of furan rings is 1. The topological polar surface area (TPSA) is 63.0 Å². The van der Waals surface area contributed by atoms with Gasteiger partial charge in [-0.05, 0) is 44.2 Å². The lowest BCUT2D eigenvalue weighted by atomic mass is 9.77. The highest BCUT2D eigenvalue weighted by Crippen LogP contribution is 2.42. The predicted molar refractivity (Wildman–Crippen MR) is 100 cm³/mol. The van der Waals surface area contributed by atoms with Crippen molar-refractivity contribution in [2.24, 2.45) is 5.41 Å². The van der Waals surface area contributed by atoms with Crippen LogP contribution >= 0.6 is 0 Å². The van der Waals surface area contributed by atoms with Gasteiger partial charge in [-0.3, -0.25) is 9.59 Å². The molecule has 0 unspecified atom stereocenters. The zero-order valence-electron chi connectivity index (χ0n) is 16.2. The lowest BCUT2D eigenvalue weighted by Gasteiger charge is -2.44. The maximum atomic E-state index is 13.4. The Kier molecular flexibility index (Phi) is 5.26. The Hall–Kier alpha value is -1.82. The molecule has 0 bridgehead atoms. The summed E-state index contributed by atoms with van der Waals surface area (Å²) in [6.45, 7) is 2.39. The standard InChI is InChI=1S/C21H30N2O4/c1-26-14-17-8-9-18(27-17)19(24)22-13-11-21(15-22)10-5-12-23(20(21)25)16-6-3-2-4-7-16/h8-9,16H,2-7,10-15H2,1H3/t21-/m0/s1. The van der Waals surface area contributed by atoms with Crippen molar-refractivity contribution in [1.82, 2.24) is 9.80 Å². The van der Waals surface area contributed by atoms with Crippen LogP contribution in [0.4, 0.5) is 0 Å². The van der Waals surface area contributed by atoms with Crippen LogP contribution in [-0.4, -0.2) is 54.4 Å². The molecule has 0 N–H and O–H groups in total. The van der Waals surface area contributed by atoms with Crippen LogP contribution in [0.5, 0.6) is 0 Å². The Labute approximate surface area is 160 Å². The molecule has 1 spiro atoms. The van der Waals surface area contributed by atoms with Crippen molar-refractivity contribution in [1.29, 1.82) is 0 Å². The van der Waals surface area contributed by atoms with Crippen LogP contribution in [0.25, 0.3) is 0 Å². The molecular formula is C21H30N2O4. The molecule has 148 valence electrons. The second-order valence-electron chi connectivity index (χ2n) is 8.35. The molecule has 1 aliphatic carbocycles. The van der Waals surface area contributed by atoms with Crippen molar-refractivity contribution >= 4 is 11.8 Å². The average Bonchev–Trinajstić information content (AvgIpc) is 3.33. The van der Waals surface area contributed by atoms with Crippen molar-refractivity contribution in [3.8, 4) is 0 Å². The van der Waals surface area contributed by atoms with E-state index < -0.39 is 0 Å². The summed E-state index contributed by atoms with van der Waals surface area (Å²) in [6.07, 6.45) is 8.74. The molecule has 4 rings (SSSR count). The maximum Gasteiger partial charge on any atom is 0.289 e. The molecule has 3 fully saturated rings. The molecular weight excluding hydrogens is 344 g/mol. The van der Waals surface area contributed by atoms with Crippen molar-refractivity contribution in [2.45, 2.75) is 64.0 Å². The molecule has 0 radical (unpaired) electrons. The van der Waals surface area contributed by atoms with E-state index >= 15 is 0 Å². The van der Waals surface area contributed by atoms with E-state index in [2.05, 4.69) is 4.90 Å². The lowest BCUT2D eigenvalue weighted by Crippen LogP contribution is -2.54. The second-order valence-corrected chi connectivity index (χ2v) is 8.35. The van der Waals surface area contributed by atoms with Crippen molar-refractivity contribution in [3.05, 3.63) is 23.7 Å². The molecule has 3 aliphatic rings. The molecule has 2 saturated heterocycles. The van der Waals surface area contributed by atoms with Crippen LogP contribution in [0.15, 0.2) is 16.5 Å². The van der Waals surface area contributed by atoms with Gasteiger partial charge in [0.05, 0.1) is 5.41 Å². The van der Waals surface area contributed by atoms with Crippen LogP contribution in [0, 0.1) is 5.41 Å². The largest absolute Gasteiger partial charge is 0.453 e. The van der Waals surface area contributed by atoms with Crippen molar-refractivity contribution in [2.75, 3.05) is 26.7 Å². The Morgan fingerprint density at radius 1 is 1.19 bits per heavy atom. The van der Waals surface area contributed by atoms with E-state index in [9.17, 15) is 9.59 Å². The number of carbonyl (C=O) groups is 2. The van der Waals surface area contributed by atoms with Crippen LogP contribution in [0.1, 0.15) is 67.7 Å². The number of nitrogens with zero attached hydrogens (tertiary/aromatic N) is 2. The number of methoxy groups -OCH3 is 1. The molecule has 27 heavy (non-hydrogen) atoms. The molecule has 1 saturated carbocycles. The normalized spacial score (nSPS) is 26.9. The minimum atomic E-state index is -0.382. The van der Waals surface area contributed by atoms with Crippen molar-refractivity contribution < 1.29 is 18.7 Å². The number of piperidine rings is 1. The average molecular weight is 374 g/mol. The second kappa shape index (κ2) is 7.66. The van der Waals surface area contributed by atoms with Gasteiger partial charge in [-0.1, -0.05) is 19.3 Å². The molecule has 2 aliphatic heterocycles. The van der Waals surface area contributed by atoms with Gasteiger partial charge in [0.15, 0.2) is 5.76 Å². The van der Waals surface area contributed by atoms with E-state index in [1.807, 2.05) is 0 Å². The van der Waals surface area contributed by atoms with E-state index in [0.29, 0.717) is 37.3 Å². The van der Waals surface area contributed by atoms with E-state index in [1.54, 1.807) is 24.1 Å². The summed E-state index contributed by atoms with van der Waals surface area (Å²) in [7, 11) is 1.60. The van der Waals surface area contributed by atoms with Gasteiger partial charge in [0.1, 0.15) is 12.4 Å². The lowest BCUT2D eigenvalue weighted by molar-refractivity contribution is -0.149. The third-order valence-corrected chi connectivity index (χ3v) is 6.58. The van der Waals surface area contributed by atoms with Crippen LogP contribution in [0.3, 0.4) is 0 Å². The monoisotopic (exact) mass is 374 g/mol. The molecule has 1 atom stereocenters. The molecule has 1 aromatic heterocycles. The Morgan fingerprint density at radius 2 is 2.00 bits per heavy atom. The SMILES string of the molecule is COCc1ccc(C(=O)N2CC[C@@]3(CCCN(C4CCCCC4)C3=O)C2)o1. The molecule has 6 heteroatoms. The first-order valence-electron chi connectivity index (χ1n) is 10.3. The van der Waals surface area contributed by atoms with E-state index in [4.69, 9.17) is 9.15 Å². The summed E-state index contributed by atoms with van der Waals surface area (Å²) >= 11 is 0. The number of hydrogen-bond donors (Lipinski definition) is 0. The fraction of sp³-hybridized carbons (Fsp3) is 0.714. The molecule has 1 aromatic rings. The maximum absolute atomic E-state index is 13.4. The number of carbonyl (C=O) groups excluding carboxylic acids is 2. The summed E-state index contributed by atoms with van der Waals surface area (Å²) in [5, 5.41) is 0. The summed E-state index contributed by atoms with van der Waals surface area (Å²) in [6, 6.07) is 3.90. The number of hydrogen-bond acceptors (Lipinski definition) is 4. The van der Waals surface area contributed by atoms with E-state index in [-0.39, 0.29) is 17.2 Å². The number of likely N-dealkylation sites (tertiary alicyclic amines) is 2. The minimum absolute atomic E-state index is 0.114. The van der Waals surface area contributed by atoms with Gasteiger partial charge in [0.25, 0.3) is 5.91 Å². The summed E-state index contributed by atoms with van der Waals surface area (Å²) < 4.78 is 10.7. The third kappa shape index (κ3) is 3.51. The van der Waals surface area contributed by atoms with Gasteiger partial charge in [-0.15, -0.1) is 0 Å². The number of ether oxygens (including phenoxy) is 1. The third-order valence-electron chi connectivity index (χ3n) is 6.58. The first-order chi connectivity index (χ1) is 13.1. The summed E-state index contributed by atoms with van der Waals surface area (Å²) in [5.41, 5.74) is -0.382. The summed E-state index contributed by atoms with van der Waals surface area (Å²) in [5.74, 6) is 1.16. The molecule has 6 nitrogen and oxygen atoms in total. The van der Waals surface area contributed by atoms with Crippen molar-refractivity contribution in [3.63, 3.8) is 0 Å². The molecule has 2 amide bonds. The zero-order valence-corrected chi connectivity index (χ0v) is 16.2. The highest BCUT2D eigenvalue weighted by atomic mass is 16.5. The van der Waals surface area contributed by atoms with E-state index in [0.717, 1.165) is 38.6 Å². The first kappa shape index (κ1) is 18.5. The number of amides is 2. The van der Waals surface area contributed by atoms with Gasteiger partial charge < -0.3 is 19.0 Å². The molecule has 3 heterocycles. The highest BCUT2D eigenvalue weighted by molar-refractivity contribution is 5.93. The van der Waals surface area contributed by atoms with Crippen LogP contribution < -0.4 is 0 Å². The Bertz CT molecular complexity index is 694. The van der Waals surface area contributed by atoms with Gasteiger partial charge in [-0.25, -0.2) is 0 Å². The smallest absolute Gasteiger partial charge is 0.289 e. The Morgan fingerprint density at radius 3 is 2.78 bits per heavy atom. The zero-order chi connectivity index (χ0) is 18.9. The van der Waals surface area contributed by atoms with Gasteiger partial charge in [0, 0.05) is 32.8 Å². The van der Waals surface area contributed by atoms with Crippen LogP contribution in [-0.2, 0) is 16.1 Å². The Balaban J connectivity index is 1.45. The van der Waals surface area contributed by atoms with Crippen LogP contribution in [0.2, 0.25) is 0 Å². The highest BCUT2D eigenvalue weighted by Gasteiger charge is 2.50. The fourth-order valence-electron chi connectivity index (χ4n) is 5.13. The number of rotatable bonds is 4. The minimum Gasteiger partial charge on any atom is -0.453 e. The van der Waals surface area contributed by atoms with Gasteiger partial charge in [-0.2, -0.15) is 0 Å². The van der Waals surface area contributed by atoms with Gasteiger partial charge in [0.2, 0.25) is 5.91 Å². The fourth-order valence-corrected chi connectivity index (χ4v) is 5.13. The molecule has 0 aromatic carbocycles. The predicted octanol–water partition coefficient (Wildman–Crippen LogP) is 3.21. The van der Waals surface area contributed by atoms with E-state index in [1.165, 1.54) is 19.3 Å².